The van der Waals surface area contributed by atoms with Crippen LogP contribution >= 0.6 is 0 Å². The summed E-state index contributed by atoms with van der Waals surface area (Å²) >= 11 is 0. The summed E-state index contributed by atoms with van der Waals surface area (Å²) in [6, 6.07) is 0.140. The third-order valence-corrected chi connectivity index (χ3v) is 5.15. The van der Waals surface area contributed by atoms with E-state index >= 15 is 0 Å². The van der Waals surface area contributed by atoms with Crippen LogP contribution in [0.25, 0.3) is 0 Å². The summed E-state index contributed by atoms with van der Waals surface area (Å²) in [6.45, 7) is 5.10. The van der Waals surface area contributed by atoms with Gasteiger partial charge in [0.1, 0.15) is 23.6 Å². The molecule has 0 aromatic carbocycles. The molecule has 5 unspecified atom stereocenters. The van der Waals surface area contributed by atoms with Crippen molar-refractivity contribution in [3.05, 3.63) is 11.4 Å². The first kappa shape index (κ1) is 13.4. The smallest absolute Gasteiger partial charge is 0.191 e. The van der Waals surface area contributed by atoms with Crippen molar-refractivity contribution in [2.24, 2.45) is 0 Å². The maximum absolute atomic E-state index is 11.5. The van der Waals surface area contributed by atoms with Gasteiger partial charge < -0.3 is 24.6 Å². The molecule has 0 saturated carbocycles. The van der Waals surface area contributed by atoms with Gasteiger partial charge in [0.15, 0.2) is 17.7 Å². The summed E-state index contributed by atoms with van der Waals surface area (Å²) in [5.74, 6) is -0.761. The van der Waals surface area contributed by atoms with E-state index < -0.39 is 29.9 Å². The first-order valence-corrected chi connectivity index (χ1v) is 7.90. The van der Waals surface area contributed by atoms with Gasteiger partial charge in [-0.3, -0.25) is 0 Å². The Morgan fingerprint density at radius 3 is 3.00 bits per heavy atom. The molecule has 0 aliphatic carbocycles. The highest BCUT2D eigenvalue weighted by molar-refractivity contribution is 5.32. The van der Waals surface area contributed by atoms with Crippen LogP contribution in [0.2, 0.25) is 0 Å². The van der Waals surface area contributed by atoms with Crippen molar-refractivity contribution in [2.45, 2.75) is 69.2 Å². The van der Waals surface area contributed by atoms with E-state index in [0.717, 1.165) is 30.8 Å². The van der Waals surface area contributed by atoms with Gasteiger partial charge in [-0.15, -0.1) is 5.10 Å². The number of aromatic nitrogens is 3. The molecule has 22 heavy (non-hydrogen) atoms. The van der Waals surface area contributed by atoms with Crippen LogP contribution in [0.15, 0.2) is 0 Å². The quantitative estimate of drug-likeness (QED) is 0.741. The molecule has 120 valence electrons. The molecule has 5 heterocycles. The van der Waals surface area contributed by atoms with Gasteiger partial charge in [-0.25, -0.2) is 4.68 Å². The van der Waals surface area contributed by atoms with Crippen molar-refractivity contribution in [2.75, 3.05) is 6.54 Å². The minimum Gasteiger partial charge on any atom is -0.378 e. The van der Waals surface area contributed by atoms with Gasteiger partial charge in [-0.1, -0.05) is 5.21 Å². The highest BCUT2D eigenvalue weighted by Gasteiger charge is 2.68. The fourth-order valence-corrected chi connectivity index (χ4v) is 4.22. The topological polar surface area (TPSA) is 90.7 Å². The molecule has 0 radical (unpaired) electrons. The van der Waals surface area contributed by atoms with Crippen molar-refractivity contribution in [3.63, 3.8) is 0 Å². The van der Waals surface area contributed by atoms with Crippen LogP contribution in [0.4, 0.5) is 0 Å². The Labute approximate surface area is 127 Å². The maximum atomic E-state index is 11.5. The van der Waals surface area contributed by atoms with Gasteiger partial charge in [-0.2, -0.15) is 0 Å². The van der Waals surface area contributed by atoms with Gasteiger partial charge in [0.05, 0.1) is 12.6 Å². The van der Waals surface area contributed by atoms with Crippen LogP contribution in [0.3, 0.4) is 0 Å². The molecule has 0 bridgehead atoms. The molecule has 3 saturated heterocycles. The molecular weight excluding hydrogens is 288 g/mol. The van der Waals surface area contributed by atoms with Crippen molar-refractivity contribution in [3.8, 4) is 0 Å². The summed E-state index contributed by atoms with van der Waals surface area (Å²) in [5.41, 5.74) is 0.299. The maximum Gasteiger partial charge on any atom is 0.191 e. The van der Waals surface area contributed by atoms with E-state index in [4.69, 9.17) is 14.2 Å². The number of rotatable bonds is 1. The summed E-state index contributed by atoms with van der Waals surface area (Å²) in [7, 11) is 0. The lowest BCUT2D eigenvalue weighted by molar-refractivity contribution is -0.228. The third kappa shape index (κ3) is 1.54. The molecule has 1 aromatic rings. The lowest BCUT2D eigenvalue weighted by Gasteiger charge is -2.29. The minimum atomic E-state index is -1.25. The number of fused-ring (bicyclic) bond motifs is 5. The highest BCUT2D eigenvalue weighted by Crippen LogP contribution is 2.52. The molecule has 2 N–H and O–H groups in total. The fraction of sp³-hybridized carbons (Fsp3) is 0.857. The van der Waals surface area contributed by atoms with Crippen molar-refractivity contribution in [1.29, 1.82) is 0 Å². The second kappa shape index (κ2) is 4.07. The normalized spacial score (nSPS) is 45.0. The van der Waals surface area contributed by atoms with E-state index in [0.29, 0.717) is 6.54 Å². The average Bonchev–Trinajstić information content (AvgIpc) is 3.18. The number of nitrogens with one attached hydrogen (secondary N) is 1. The monoisotopic (exact) mass is 308 g/mol. The molecule has 5 atom stereocenters. The van der Waals surface area contributed by atoms with Crippen LogP contribution < -0.4 is 5.32 Å². The van der Waals surface area contributed by atoms with E-state index in [9.17, 15) is 5.11 Å². The number of ether oxygens (including phenoxy) is 3. The number of aliphatic hydroxyl groups is 1. The van der Waals surface area contributed by atoms with Gasteiger partial charge in [0.25, 0.3) is 0 Å². The Kier molecular flexibility index (Phi) is 2.47. The Morgan fingerprint density at radius 2 is 2.23 bits per heavy atom. The van der Waals surface area contributed by atoms with E-state index in [1.165, 1.54) is 0 Å². The average molecular weight is 308 g/mol. The lowest BCUT2D eigenvalue weighted by atomic mass is 9.88. The second-order valence-electron chi connectivity index (χ2n) is 7.03. The van der Waals surface area contributed by atoms with Gasteiger partial charge >= 0.3 is 0 Å². The van der Waals surface area contributed by atoms with Gasteiger partial charge in [-0.05, 0) is 33.2 Å². The Hall–Kier alpha value is -1.06. The number of hydrogen-bond donors (Lipinski definition) is 2. The molecule has 0 amide bonds. The molecule has 0 spiro atoms. The SMILES string of the molecule is CC1(C)OC2OC3Cn4nnc(C5CCCN5)c4C3(O)C2O1. The third-order valence-electron chi connectivity index (χ3n) is 5.15. The van der Waals surface area contributed by atoms with Crippen LogP contribution in [0.1, 0.15) is 44.1 Å². The van der Waals surface area contributed by atoms with Gasteiger partial charge in [0.2, 0.25) is 0 Å². The van der Waals surface area contributed by atoms with E-state index in [1.54, 1.807) is 4.68 Å². The molecular formula is C14H20N4O4. The predicted octanol–water partition coefficient (Wildman–Crippen LogP) is -0.220. The molecule has 1 aromatic heterocycles. The Bertz CT molecular complexity index is 626. The van der Waals surface area contributed by atoms with Gasteiger partial charge in [0, 0.05) is 0 Å². The second-order valence-corrected chi connectivity index (χ2v) is 7.03. The summed E-state index contributed by atoms with van der Waals surface area (Å²) < 4.78 is 19.4. The molecule has 8 nitrogen and oxygen atoms in total. The first-order chi connectivity index (χ1) is 10.5. The standard InChI is InChI=1S/C14H20N4O4/c1-13(2)21-11-12(22-13)20-8-6-18-10(14(8,11)19)9(16-17-18)7-4-3-5-15-7/h7-8,11-12,15,19H,3-6H2,1-2H3. The summed E-state index contributed by atoms with van der Waals surface area (Å²) in [5, 5.41) is 23.4. The van der Waals surface area contributed by atoms with Crippen LogP contribution in [-0.2, 0) is 26.4 Å². The Balaban J connectivity index is 1.59. The number of hydrogen-bond acceptors (Lipinski definition) is 7. The highest BCUT2D eigenvalue weighted by atomic mass is 16.8. The minimum absolute atomic E-state index is 0.140. The van der Waals surface area contributed by atoms with Crippen LogP contribution in [0.5, 0.6) is 0 Å². The zero-order valence-corrected chi connectivity index (χ0v) is 12.7. The van der Waals surface area contributed by atoms with Crippen LogP contribution in [0, 0.1) is 0 Å². The summed E-state index contributed by atoms with van der Waals surface area (Å²) in [6.07, 6.45) is 0.618. The van der Waals surface area contributed by atoms with E-state index in [2.05, 4.69) is 15.6 Å². The Morgan fingerprint density at radius 1 is 1.36 bits per heavy atom. The first-order valence-electron chi connectivity index (χ1n) is 7.90. The van der Waals surface area contributed by atoms with Crippen molar-refractivity contribution >= 4 is 0 Å². The molecule has 3 fully saturated rings. The zero-order chi connectivity index (χ0) is 15.1. The molecule has 5 rings (SSSR count). The zero-order valence-electron chi connectivity index (χ0n) is 12.7. The predicted molar refractivity (Wildman–Crippen MR) is 72.6 cm³/mol. The molecule has 8 heteroatoms. The van der Waals surface area contributed by atoms with Crippen LogP contribution in [-0.4, -0.2) is 50.9 Å². The van der Waals surface area contributed by atoms with Crippen molar-refractivity contribution in [1.82, 2.24) is 20.3 Å². The summed E-state index contributed by atoms with van der Waals surface area (Å²) in [4.78, 5) is 0. The lowest BCUT2D eigenvalue weighted by Crippen LogP contribution is -2.44. The molecule has 4 aliphatic rings. The largest absolute Gasteiger partial charge is 0.378 e. The molecule has 4 aliphatic heterocycles. The fourth-order valence-electron chi connectivity index (χ4n) is 4.22. The van der Waals surface area contributed by atoms with E-state index in [-0.39, 0.29) is 6.04 Å². The number of nitrogens with zero attached hydrogens (tertiary/aromatic N) is 3. The van der Waals surface area contributed by atoms with E-state index in [1.807, 2.05) is 13.8 Å². The van der Waals surface area contributed by atoms with Crippen molar-refractivity contribution < 1.29 is 19.3 Å².